The molecular weight excluding hydrogens is 221 g/mol. The first-order chi connectivity index (χ1) is 6.33. The maximum absolute atomic E-state index is 11.8. The summed E-state index contributed by atoms with van der Waals surface area (Å²) in [6.45, 7) is 0.287. The van der Waals surface area contributed by atoms with E-state index >= 15 is 0 Å². The lowest BCUT2D eigenvalue weighted by molar-refractivity contribution is -0.867. The molecule has 0 saturated heterocycles. The Balaban J connectivity index is 3.91. The Morgan fingerprint density at radius 1 is 1.36 bits per heavy atom. The van der Waals surface area contributed by atoms with Crippen LogP contribution in [0.1, 0.15) is 6.92 Å². The summed E-state index contributed by atoms with van der Waals surface area (Å²) < 4.78 is 22.6. The normalized spacial score (nSPS) is 16.6. The van der Waals surface area contributed by atoms with Crippen molar-refractivity contribution in [3.8, 4) is 0 Å². The monoisotopic (exact) mass is 242 g/mol. The third-order valence-electron chi connectivity index (χ3n) is 1.52. The van der Waals surface area contributed by atoms with Crippen LogP contribution in [0.25, 0.3) is 0 Å². The Morgan fingerprint density at radius 3 is 2.29 bits per heavy atom. The van der Waals surface area contributed by atoms with E-state index in [9.17, 15) is 4.57 Å². The molecule has 0 aliphatic heterocycles. The van der Waals surface area contributed by atoms with Gasteiger partial charge in [0, 0.05) is 7.11 Å². The minimum atomic E-state index is -2.88. The molecule has 0 bridgehead atoms. The Labute approximate surface area is 90.8 Å². The maximum Gasteiger partial charge on any atom is 0.389 e. The van der Waals surface area contributed by atoms with Crippen LogP contribution in [0.2, 0.25) is 0 Å². The second kappa shape index (κ2) is 6.13. The van der Waals surface area contributed by atoms with Crippen LogP contribution in [0.3, 0.4) is 0 Å². The molecule has 0 amide bonds. The van der Waals surface area contributed by atoms with Crippen molar-refractivity contribution in [2.75, 3.05) is 47.2 Å². The molecular formula is C8H21NO3PS+. The van der Waals surface area contributed by atoms with Crippen molar-refractivity contribution in [2.45, 2.75) is 6.92 Å². The van der Waals surface area contributed by atoms with Crippen LogP contribution in [0.15, 0.2) is 0 Å². The predicted octanol–water partition coefficient (Wildman–Crippen LogP) is 2.22. The van der Waals surface area contributed by atoms with Crippen molar-refractivity contribution >= 4 is 18.2 Å². The average Bonchev–Trinajstić information content (AvgIpc) is 2.02. The number of rotatable bonds is 7. The van der Waals surface area contributed by atoms with Gasteiger partial charge in [0.2, 0.25) is 0 Å². The van der Waals surface area contributed by atoms with Gasteiger partial charge in [0.15, 0.2) is 0 Å². The lowest BCUT2D eigenvalue weighted by atomic mass is 10.6. The molecule has 0 aliphatic rings. The number of hydrogen-bond acceptors (Lipinski definition) is 4. The van der Waals surface area contributed by atoms with Gasteiger partial charge >= 0.3 is 6.80 Å². The summed E-state index contributed by atoms with van der Waals surface area (Å²) in [5, 5.41) is 0. The first-order valence-corrected chi connectivity index (χ1v) is 7.71. The van der Waals surface area contributed by atoms with Crippen LogP contribution in [0, 0.1) is 0 Å². The summed E-state index contributed by atoms with van der Waals surface area (Å²) in [6.07, 6.45) is 0. The van der Waals surface area contributed by atoms with Gasteiger partial charge < -0.3 is 13.5 Å². The largest absolute Gasteiger partial charge is 0.389 e. The number of nitrogens with zero attached hydrogens (tertiary/aromatic N) is 1. The highest BCUT2D eigenvalue weighted by atomic mass is 32.7. The van der Waals surface area contributed by atoms with Gasteiger partial charge in [-0.25, -0.2) is 4.57 Å². The average molecular weight is 242 g/mol. The molecule has 86 valence electrons. The lowest BCUT2D eigenvalue weighted by Crippen LogP contribution is -2.36. The third kappa shape index (κ3) is 6.85. The highest BCUT2D eigenvalue weighted by Crippen LogP contribution is 2.59. The van der Waals surface area contributed by atoms with Crippen LogP contribution in [-0.2, 0) is 13.6 Å². The highest BCUT2D eigenvalue weighted by molar-refractivity contribution is 8.55. The van der Waals surface area contributed by atoms with Crippen LogP contribution >= 0.6 is 18.2 Å². The summed E-state index contributed by atoms with van der Waals surface area (Å²) in [7, 11) is 7.71. The molecule has 1 atom stereocenters. The van der Waals surface area contributed by atoms with Crippen LogP contribution in [0.5, 0.6) is 0 Å². The molecule has 0 radical (unpaired) electrons. The molecule has 0 aromatic heterocycles. The highest BCUT2D eigenvalue weighted by Gasteiger charge is 2.24. The molecule has 0 aromatic carbocycles. The van der Waals surface area contributed by atoms with E-state index in [4.69, 9.17) is 9.05 Å². The Morgan fingerprint density at radius 2 is 1.93 bits per heavy atom. The van der Waals surface area contributed by atoms with Crippen molar-refractivity contribution in [1.82, 2.24) is 0 Å². The second-order valence-electron chi connectivity index (χ2n) is 3.89. The predicted molar refractivity (Wildman–Crippen MR) is 61.6 cm³/mol. The van der Waals surface area contributed by atoms with Crippen LogP contribution in [-0.4, -0.2) is 51.6 Å². The quantitative estimate of drug-likeness (QED) is 0.506. The number of hydrogen-bond donors (Lipinski definition) is 0. The van der Waals surface area contributed by atoms with E-state index in [0.717, 1.165) is 16.8 Å². The Bertz CT molecular complexity index is 205. The van der Waals surface area contributed by atoms with E-state index in [2.05, 4.69) is 21.1 Å². The van der Waals surface area contributed by atoms with E-state index in [1.165, 1.54) is 18.5 Å². The zero-order valence-corrected chi connectivity index (χ0v) is 11.4. The SMILES string of the molecule is CCOP(=O)(OC)SCC[N+](C)(C)C. The van der Waals surface area contributed by atoms with Crippen molar-refractivity contribution in [1.29, 1.82) is 0 Å². The van der Waals surface area contributed by atoms with Gasteiger partial charge in [-0.05, 0) is 18.3 Å². The topological polar surface area (TPSA) is 35.5 Å². The number of quaternary nitrogens is 1. The molecule has 0 saturated carbocycles. The molecule has 1 unspecified atom stereocenters. The van der Waals surface area contributed by atoms with Gasteiger partial charge in [-0.15, -0.1) is 0 Å². The van der Waals surface area contributed by atoms with Crippen molar-refractivity contribution < 1.29 is 18.1 Å². The maximum atomic E-state index is 11.8. The van der Waals surface area contributed by atoms with Gasteiger partial charge in [0.05, 0.1) is 40.0 Å². The molecule has 0 rings (SSSR count). The molecule has 0 aromatic rings. The Hall–Kier alpha value is 0.460. The fourth-order valence-corrected chi connectivity index (χ4v) is 3.95. The zero-order valence-electron chi connectivity index (χ0n) is 9.65. The van der Waals surface area contributed by atoms with Gasteiger partial charge in [0.1, 0.15) is 0 Å². The summed E-state index contributed by atoms with van der Waals surface area (Å²) in [6, 6.07) is 0. The summed E-state index contributed by atoms with van der Waals surface area (Å²) in [4.78, 5) is 0. The summed E-state index contributed by atoms with van der Waals surface area (Å²) in [5.41, 5.74) is 0. The minimum Gasteiger partial charge on any atom is -0.330 e. The van der Waals surface area contributed by atoms with Crippen molar-refractivity contribution in [3.05, 3.63) is 0 Å². The van der Waals surface area contributed by atoms with Gasteiger partial charge in [-0.3, -0.25) is 0 Å². The van der Waals surface area contributed by atoms with E-state index in [0.29, 0.717) is 6.61 Å². The standard InChI is InChI=1S/C8H21NO3PS/c1-6-12-13(10,11-5)14-8-7-9(2,3)4/h6-8H2,1-5H3/q+1. The second-order valence-corrected chi connectivity index (χ2v) is 8.20. The van der Waals surface area contributed by atoms with Crippen LogP contribution < -0.4 is 0 Å². The molecule has 0 N–H and O–H groups in total. The van der Waals surface area contributed by atoms with E-state index < -0.39 is 6.80 Å². The van der Waals surface area contributed by atoms with Gasteiger partial charge in [-0.2, -0.15) is 0 Å². The molecule has 0 heterocycles. The molecule has 14 heavy (non-hydrogen) atoms. The van der Waals surface area contributed by atoms with Gasteiger partial charge in [-0.1, -0.05) is 0 Å². The molecule has 0 spiro atoms. The molecule has 6 heteroatoms. The molecule has 0 fully saturated rings. The van der Waals surface area contributed by atoms with E-state index in [-0.39, 0.29) is 0 Å². The van der Waals surface area contributed by atoms with Crippen molar-refractivity contribution in [2.24, 2.45) is 0 Å². The first-order valence-electron chi connectivity index (χ1n) is 4.58. The van der Waals surface area contributed by atoms with Crippen LogP contribution in [0.4, 0.5) is 0 Å². The summed E-state index contributed by atoms with van der Waals surface area (Å²) in [5.74, 6) is 0.772. The zero-order chi connectivity index (χ0) is 11.2. The molecule has 0 aliphatic carbocycles. The first kappa shape index (κ1) is 14.5. The lowest BCUT2D eigenvalue weighted by Gasteiger charge is -2.24. The third-order valence-corrected chi connectivity index (χ3v) is 5.49. The molecule has 4 nitrogen and oxygen atoms in total. The fourth-order valence-electron chi connectivity index (χ4n) is 0.727. The Kier molecular flexibility index (Phi) is 6.33. The summed E-state index contributed by atoms with van der Waals surface area (Å²) >= 11 is 1.27. The minimum absolute atomic E-state index is 0.419. The van der Waals surface area contributed by atoms with Crippen molar-refractivity contribution in [3.63, 3.8) is 0 Å². The van der Waals surface area contributed by atoms with E-state index in [1.807, 2.05) is 6.92 Å². The fraction of sp³-hybridized carbons (Fsp3) is 1.00. The van der Waals surface area contributed by atoms with E-state index in [1.54, 1.807) is 0 Å². The van der Waals surface area contributed by atoms with Gasteiger partial charge in [0.25, 0.3) is 0 Å². The smallest absolute Gasteiger partial charge is 0.330 e.